The Morgan fingerprint density at radius 2 is 1.81 bits per heavy atom. The molecule has 1 unspecified atom stereocenters. The maximum Gasteiger partial charge on any atom is 0.161 e. The molecule has 0 aliphatic carbocycles. The molecule has 0 radical (unpaired) electrons. The molecule has 6 heteroatoms. The monoisotopic (exact) mass is 340 g/mol. The van der Waals surface area contributed by atoms with E-state index in [-0.39, 0.29) is 16.1 Å². The molecule has 2 nitrogen and oxygen atoms in total. The van der Waals surface area contributed by atoms with Gasteiger partial charge in [0.15, 0.2) is 5.17 Å². The van der Waals surface area contributed by atoms with Gasteiger partial charge in [0.25, 0.3) is 0 Å². The highest BCUT2D eigenvalue weighted by molar-refractivity contribution is 8.14. The first-order valence-electron chi connectivity index (χ1n) is 6.30. The first kappa shape index (κ1) is 14.7. The van der Waals surface area contributed by atoms with E-state index in [0.717, 1.165) is 16.5 Å². The molecule has 0 bridgehead atoms. The quantitative estimate of drug-likeness (QED) is 0.792. The van der Waals surface area contributed by atoms with Crippen molar-refractivity contribution in [3.05, 3.63) is 63.9 Å². The number of halogens is 3. The second-order valence-electron chi connectivity index (χ2n) is 4.54. The van der Waals surface area contributed by atoms with Crippen molar-refractivity contribution in [2.24, 2.45) is 4.99 Å². The lowest BCUT2D eigenvalue weighted by molar-refractivity contribution is 0.628. The largest absolute Gasteiger partial charge is 0.333 e. The van der Waals surface area contributed by atoms with Crippen molar-refractivity contribution in [2.45, 2.75) is 6.04 Å². The van der Waals surface area contributed by atoms with Crippen molar-refractivity contribution < 1.29 is 4.39 Å². The van der Waals surface area contributed by atoms with E-state index in [9.17, 15) is 4.39 Å². The Balaban J connectivity index is 1.81. The number of thioether (sulfide) groups is 1. The van der Waals surface area contributed by atoms with Crippen LogP contribution >= 0.6 is 35.0 Å². The summed E-state index contributed by atoms with van der Waals surface area (Å²) in [5.41, 5.74) is 1.65. The molecule has 3 rings (SSSR count). The molecule has 21 heavy (non-hydrogen) atoms. The fourth-order valence-corrected chi connectivity index (χ4v) is 3.57. The molecule has 1 heterocycles. The summed E-state index contributed by atoms with van der Waals surface area (Å²) in [6.45, 7) is 0. The molecule has 1 atom stereocenters. The summed E-state index contributed by atoms with van der Waals surface area (Å²) in [7, 11) is 0. The Hall–Kier alpha value is -1.23. The standard InChI is InChI=1S/C15H11Cl2FN2S/c16-11-6-10(18)7-12(17)14(11)20-15-19-13(8-21-15)9-4-2-1-3-5-9/h1-7,13H,8H2,(H,19,20). The zero-order chi connectivity index (χ0) is 14.8. The summed E-state index contributed by atoms with van der Waals surface area (Å²) in [5.74, 6) is 0.390. The molecule has 0 amide bonds. The molecule has 1 N–H and O–H groups in total. The van der Waals surface area contributed by atoms with Gasteiger partial charge in [0.1, 0.15) is 5.82 Å². The van der Waals surface area contributed by atoms with Crippen molar-refractivity contribution >= 4 is 45.8 Å². The highest BCUT2D eigenvalue weighted by atomic mass is 35.5. The maximum absolute atomic E-state index is 13.2. The predicted molar refractivity (Wildman–Crippen MR) is 89.1 cm³/mol. The third kappa shape index (κ3) is 3.34. The van der Waals surface area contributed by atoms with Crippen LogP contribution in [0.2, 0.25) is 10.0 Å². The summed E-state index contributed by atoms with van der Waals surface area (Å²) in [4.78, 5) is 4.62. The van der Waals surface area contributed by atoms with Crippen LogP contribution < -0.4 is 5.32 Å². The normalized spacial score (nSPS) is 17.7. The Labute approximate surface area is 136 Å². The minimum Gasteiger partial charge on any atom is -0.333 e. The van der Waals surface area contributed by atoms with Crippen LogP contribution in [-0.4, -0.2) is 10.9 Å². The molecule has 0 saturated heterocycles. The summed E-state index contributed by atoms with van der Waals surface area (Å²) in [6, 6.07) is 12.6. The number of nitrogens with zero attached hydrogens (tertiary/aromatic N) is 1. The van der Waals surface area contributed by atoms with Gasteiger partial charge in [-0.2, -0.15) is 0 Å². The summed E-state index contributed by atoms with van der Waals surface area (Å²) < 4.78 is 13.2. The first-order valence-corrected chi connectivity index (χ1v) is 8.05. The third-order valence-electron chi connectivity index (χ3n) is 3.07. The van der Waals surface area contributed by atoms with Crippen LogP contribution in [0.25, 0.3) is 0 Å². The van der Waals surface area contributed by atoms with E-state index in [4.69, 9.17) is 23.2 Å². The highest BCUT2D eigenvalue weighted by Crippen LogP contribution is 2.35. The number of aliphatic imine (C=N–C) groups is 1. The van der Waals surface area contributed by atoms with Gasteiger partial charge in [0, 0.05) is 5.75 Å². The molecule has 0 aromatic heterocycles. The number of amidine groups is 1. The minimum atomic E-state index is -0.460. The second kappa shape index (κ2) is 6.26. The fourth-order valence-electron chi connectivity index (χ4n) is 2.06. The van der Waals surface area contributed by atoms with E-state index >= 15 is 0 Å². The van der Waals surface area contributed by atoms with Gasteiger partial charge in [-0.05, 0) is 17.7 Å². The second-order valence-corrected chi connectivity index (χ2v) is 6.36. The van der Waals surface area contributed by atoms with Gasteiger partial charge in [-0.25, -0.2) is 4.39 Å². The Bertz CT molecular complexity index is 668. The summed E-state index contributed by atoms with van der Waals surface area (Å²) in [5, 5.41) is 4.31. The molecule has 108 valence electrons. The molecule has 0 fully saturated rings. The average molecular weight is 341 g/mol. The Morgan fingerprint density at radius 1 is 1.14 bits per heavy atom. The smallest absolute Gasteiger partial charge is 0.161 e. The third-order valence-corrected chi connectivity index (χ3v) is 4.63. The van der Waals surface area contributed by atoms with E-state index in [1.54, 1.807) is 11.8 Å². The molecular formula is C15H11Cl2FN2S. The molecule has 1 aliphatic rings. The van der Waals surface area contributed by atoms with Gasteiger partial charge >= 0.3 is 0 Å². The van der Waals surface area contributed by atoms with Crippen LogP contribution in [0.1, 0.15) is 11.6 Å². The van der Waals surface area contributed by atoms with Crippen LogP contribution in [0.5, 0.6) is 0 Å². The number of hydrogen-bond acceptors (Lipinski definition) is 3. The van der Waals surface area contributed by atoms with Crippen molar-refractivity contribution in [1.82, 2.24) is 0 Å². The first-order chi connectivity index (χ1) is 10.1. The van der Waals surface area contributed by atoms with Gasteiger partial charge in [-0.3, -0.25) is 4.99 Å². The average Bonchev–Trinajstić information content (AvgIpc) is 2.92. The zero-order valence-electron chi connectivity index (χ0n) is 10.8. The summed E-state index contributed by atoms with van der Waals surface area (Å²) in [6.07, 6.45) is 0. The van der Waals surface area contributed by atoms with E-state index in [0.29, 0.717) is 5.69 Å². The number of hydrogen-bond donors (Lipinski definition) is 1. The SMILES string of the molecule is Fc1cc(Cl)c(NC2=NC(c3ccccc3)CS2)c(Cl)c1. The van der Waals surface area contributed by atoms with Gasteiger partial charge in [0.05, 0.1) is 21.8 Å². The summed E-state index contributed by atoms with van der Waals surface area (Å²) >= 11 is 13.6. The lowest BCUT2D eigenvalue weighted by Crippen LogP contribution is -2.06. The van der Waals surface area contributed by atoms with Crippen molar-refractivity contribution in [3.8, 4) is 0 Å². The molecule has 2 aromatic carbocycles. The Morgan fingerprint density at radius 3 is 2.48 bits per heavy atom. The van der Waals surface area contributed by atoms with Crippen molar-refractivity contribution in [3.63, 3.8) is 0 Å². The van der Waals surface area contributed by atoms with Crippen molar-refractivity contribution in [1.29, 1.82) is 0 Å². The van der Waals surface area contributed by atoms with Gasteiger partial charge in [-0.1, -0.05) is 65.3 Å². The molecular weight excluding hydrogens is 330 g/mol. The van der Waals surface area contributed by atoms with Crippen LogP contribution in [-0.2, 0) is 0 Å². The van der Waals surface area contributed by atoms with E-state index in [2.05, 4.69) is 22.4 Å². The van der Waals surface area contributed by atoms with Crippen LogP contribution in [0, 0.1) is 5.82 Å². The van der Waals surface area contributed by atoms with E-state index < -0.39 is 5.82 Å². The predicted octanol–water partition coefficient (Wildman–Crippen LogP) is 5.39. The lowest BCUT2D eigenvalue weighted by atomic mass is 10.1. The number of benzene rings is 2. The van der Waals surface area contributed by atoms with E-state index in [1.807, 2.05) is 18.2 Å². The highest BCUT2D eigenvalue weighted by Gasteiger charge is 2.21. The van der Waals surface area contributed by atoms with Gasteiger partial charge < -0.3 is 5.32 Å². The van der Waals surface area contributed by atoms with Gasteiger partial charge in [0.2, 0.25) is 0 Å². The Kier molecular flexibility index (Phi) is 4.38. The topological polar surface area (TPSA) is 24.4 Å². The van der Waals surface area contributed by atoms with Gasteiger partial charge in [-0.15, -0.1) is 0 Å². The molecule has 0 saturated carbocycles. The van der Waals surface area contributed by atoms with Crippen LogP contribution in [0.4, 0.5) is 10.1 Å². The fraction of sp³-hybridized carbons (Fsp3) is 0.133. The number of nitrogens with one attached hydrogen (secondary N) is 1. The maximum atomic E-state index is 13.2. The van der Waals surface area contributed by atoms with E-state index in [1.165, 1.54) is 12.1 Å². The van der Waals surface area contributed by atoms with Crippen molar-refractivity contribution in [2.75, 3.05) is 11.1 Å². The molecule has 0 spiro atoms. The number of anilines is 1. The zero-order valence-corrected chi connectivity index (χ0v) is 13.1. The lowest BCUT2D eigenvalue weighted by Gasteiger charge is -2.09. The van der Waals surface area contributed by atoms with Crippen LogP contribution in [0.15, 0.2) is 47.5 Å². The molecule has 2 aromatic rings. The van der Waals surface area contributed by atoms with Crippen LogP contribution in [0.3, 0.4) is 0 Å². The molecule has 1 aliphatic heterocycles. The number of rotatable bonds is 2. The minimum absolute atomic E-state index is 0.108.